The summed E-state index contributed by atoms with van der Waals surface area (Å²) in [6.45, 7) is 1.63. The molecule has 1 atom stereocenters. The third kappa shape index (κ3) is 2.93. The maximum atomic E-state index is 13.0. The Balaban J connectivity index is 3.05. The van der Waals surface area contributed by atoms with Crippen molar-refractivity contribution in [1.29, 1.82) is 0 Å². The molecule has 0 saturated heterocycles. The van der Waals surface area contributed by atoms with Crippen LogP contribution in [0.5, 0.6) is 0 Å². The molecule has 1 unspecified atom stereocenters. The fourth-order valence-electron chi connectivity index (χ4n) is 1.08. The van der Waals surface area contributed by atoms with Crippen LogP contribution in [-0.4, -0.2) is 11.2 Å². The van der Waals surface area contributed by atoms with Crippen LogP contribution in [0, 0.1) is 5.82 Å². The van der Waals surface area contributed by atoms with E-state index in [2.05, 4.69) is 15.9 Å². The van der Waals surface area contributed by atoms with Gasteiger partial charge in [0.05, 0.1) is 11.1 Å². The lowest BCUT2D eigenvalue weighted by Crippen LogP contribution is -2.05. The average Bonchev–Trinajstić information content (AvgIpc) is 1.98. The smallest absolute Gasteiger partial charge is 0.143 e. The molecule has 0 aliphatic heterocycles. The third-order valence-electron chi connectivity index (χ3n) is 1.58. The third-order valence-corrected chi connectivity index (χ3v) is 2.46. The van der Waals surface area contributed by atoms with Gasteiger partial charge in [-0.3, -0.25) is 0 Å². The minimum atomic E-state index is -0.522. The molecule has 0 amide bonds. The van der Waals surface area contributed by atoms with E-state index in [9.17, 15) is 4.39 Å². The van der Waals surface area contributed by atoms with Crippen LogP contribution < -0.4 is 0 Å². The molecule has 1 aromatic carbocycles. The van der Waals surface area contributed by atoms with E-state index < -0.39 is 11.9 Å². The molecule has 0 radical (unpaired) electrons. The summed E-state index contributed by atoms with van der Waals surface area (Å²) in [5.74, 6) is -0.466. The highest BCUT2D eigenvalue weighted by Crippen LogP contribution is 2.25. The predicted molar refractivity (Wildman–Crippen MR) is 54.5 cm³/mol. The Morgan fingerprint density at radius 3 is 2.77 bits per heavy atom. The summed E-state index contributed by atoms with van der Waals surface area (Å²) in [6, 6.07) is 3.01. The molecule has 1 rings (SSSR count). The molecule has 13 heavy (non-hydrogen) atoms. The molecule has 0 saturated carbocycles. The molecule has 1 aromatic rings. The van der Waals surface area contributed by atoms with Gasteiger partial charge in [0.2, 0.25) is 0 Å². The number of hydrogen-bond acceptors (Lipinski definition) is 1. The number of halogens is 3. The summed E-state index contributed by atoms with van der Waals surface area (Å²) >= 11 is 8.86. The number of aliphatic hydroxyl groups excluding tert-OH is 1. The lowest BCUT2D eigenvalue weighted by molar-refractivity contribution is 0.195. The Kier molecular flexibility index (Phi) is 3.71. The van der Waals surface area contributed by atoms with Crippen LogP contribution in [0.2, 0.25) is 5.02 Å². The maximum absolute atomic E-state index is 13.0. The molecule has 4 heteroatoms. The molecule has 0 aliphatic rings. The number of aliphatic hydroxyl groups is 1. The van der Waals surface area contributed by atoms with Gasteiger partial charge in [-0.1, -0.05) is 27.5 Å². The zero-order valence-corrected chi connectivity index (χ0v) is 9.36. The van der Waals surface area contributed by atoms with Gasteiger partial charge in [-0.2, -0.15) is 0 Å². The normalized spacial score (nSPS) is 13.0. The second-order valence-electron chi connectivity index (χ2n) is 2.91. The Bertz CT molecular complexity index is 315. The first kappa shape index (κ1) is 11.0. The first-order valence-electron chi connectivity index (χ1n) is 3.82. The van der Waals surface area contributed by atoms with E-state index in [1.165, 1.54) is 6.07 Å². The fraction of sp³-hybridized carbons (Fsp3) is 0.333. The highest BCUT2D eigenvalue weighted by atomic mass is 79.9. The number of benzene rings is 1. The summed E-state index contributed by atoms with van der Waals surface area (Å²) in [5, 5.41) is 9.20. The molecular formula is C9H9BrClFO. The minimum Gasteiger partial charge on any atom is -0.393 e. The van der Waals surface area contributed by atoms with Crippen molar-refractivity contribution in [3.63, 3.8) is 0 Å². The van der Waals surface area contributed by atoms with Gasteiger partial charge in [0.1, 0.15) is 5.82 Å². The van der Waals surface area contributed by atoms with Crippen molar-refractivity contribution >= 4 is 27.5 Å². The van der Waals surface area contributed by atoms with Crippen molar-refractivity contribution < 1.29 is 9.50 Å². The Hall–Kier alpha value is -0.120. The zero-order valence-electron chi connectivity index (χ0n) is 7.02. The molecule has 1 nitrogen and oxygen atoms in total. The summed E-state index contributed by atoms with van der Waals surface area (Å²) in [5.41, 5.74) is 0.614. The van der Waals surface area contributed by atoms with E-state index in [4.69, 9.17) is 16.7 Å². The first-order chi connectivity index (χ1) is 6.00. The molecule has 72 valence electrons. The molecule has 0 bridgehead atoms. The predicted octanol–water partition coefficient (Wildman–Crippen LogP) is 3.16. The standard InChI is InChI=1S/C9H9BrClFO/c1-5(13)2-6-3-7(10)4-8(12)9(6)11/h3-5,13H,2H2,1H3. The summed E-state index contributed by atoms with van der Waals surface area (Å²) in [7, 11) is 0. The van der Waals surface area contributed by atoms with Crippen molar-refractivity contribution in [2.45, 2.75) is 19.4 Å². The maximum Gasteiger partial charge on any atom is 0.143 e. The van der Waals surface area contributed by atoms with Gasteiger partial charge >= 0.3 is 0 Å². The fourth-order valence-corrected chi connectivity index (χ4v) is 1.74. The zero-order chi connectivity index (χ0) is 10.0. The van der Waals surface area contributed by atoms with Gasteiger partial charge in [0.25, 0.3) is 0 Å². The second kappa shape index (κ2) is 4.40. The van der Waals surface area contributed by atoms with Crippen LogP contribution in [0.15, 0.2) is 16.6 Å². The minimum absolute atomic E-state index is 0.0871. The lowest BCUT2D eigenvalue weighted by Gasteiger charge is -2.07. The van der Waals surface area contributed by atoms with Gasteiger partial charge < -0.3 is 5.11 Å². The van der Waals surface area contributed by atoms with E-state index in [1.807, 2.05) is 0 Å². The van der Waals surface area contributed by atoms with Crippen LogP contribution in [-0.2, 0) is 6.42 Å². The van der Waals surface area contributed by atoms with Gasteiger partial charge in [-0.25, -0.2) is 4.39 Å². The van der Waals surface area contributed by atoms with E-state index in [0.29, 0.717) is 16.5 Å². The molecular weight excluding hydrogens is 258 g/mol. The van der Waals surface area contributed by atoms with Crippen molar-refractivity contribution in [2.75, 3.05) is 0 Å². The quantitative estimate of drug-likeness (QED) is 0.816. The first-order valence-corrected chi connectivity index (χ1v) is 4.99. The molecule has 0 heterocycles. The van der Waals surface area contributed by atoms with Crippen molar-refractivity contribution in [3.8, 4) is 0 Å². The molecule has 0 fully saturated rings. The van der Waals surface area contributed by atoms with Crippen molar-refractivity contribution in [3.05, 3.63) is 33.0 Å². The molecule has 0 aliphatic carbocycles. The Morgan fingerprint density at radius 1 is 1.62 bits per heavy atom. The van der Waals surface area contributed by atoms with Crippen LogP contribution in [0.4, 0.5) is 4.39 Å². The number of hydrogen-bond donors (Lipinski definition) is 1. The average molecular weight is 268 g/mol. The van der Waals surface area contributed by atoms with Gasteiger partial charge in [-0.15, -0.1) is 0 Å². The van der Waals surface area contributed by atoms with E-state index in [0.717, 1.165) is 0 Å². The summed E-state index contributed by atoms with van der Waals surface area (Å²) < 4.78 is 13.7. The van der Waals surface area contributed by atoms with Crippen molar-refractivity contribution in [1.82, 2.24) is 0 Å². The molecule has 0 aromatic heterocycles. The summed E-state index contributed by atoms with van der Waals surface area (Å²) in [4.78, 5) is 0. The SMILES string of the molecule is CC(O)Cc1cc(Br)cc(F)c1Cl. The second-order valence-corrected chi connectivity index (χ2v) is 4.21. The highest BCUT2D eigenvalue weighted by molar-refractivity contribution is 9.10. The van der Waals surface area contributed by atoms with Gasteiger partial charge in [0.15, 0.2) is 0 Å². The number of rotatable bonds is 2. The molecule has 1 N–H and O–H groups in total. The van der Waals surface area contributed by atoms with E-state index in [-0.39, 0.29) is 5.02 Å². The Morgan fingerprint density at radius 2 is 2.23 bits per heavy atom. The lowest BCUT2D eigenvalue weighted by atomic mass is 10.1. The van der Waals surface area contributed by atoms with Gasteiger partial charge in [-0.05, 0) is 31.0 Å². The highest BCUT2D eigenvalue weighted by Gasteiger charge is 2.09. The van der Waals surface area contributed by atoms with Gasteiger partial charge in [0, 0.05) is 4.47 Å². The van der Waals surface area contributed by atoms with Crippen LogP contribution in [0.1, 0.15) is 12.5 Å². The molecule has 0 spiro atoms. The van der Waals surface area contributed by atoms with E-state index in [1.54, 1.807) is 13.0 Å². The van der Waals surface area contributed by atoms with Crippen LogP contribution in [0.25, 0.3) is 0 Å². The van der Waals surface area contributed by atoms with Crippen molar-refractivity contribution in [2.24, 2.45) is 0 Å². The van der Waals surface area contributed by atoms with Crippen LogP contribution in [0.3, 0.4) is 0 Å². The Labute approximate surface area is 89.7 Å². The summed E-state index contributed by atoms with van der Waals surface area (Å²) in [6.07, 6.45) is -0.166. The largest absolute Gasteiger partial charge is 0.393 e. The monoisotopic (exact) mass is 266 g/mol. The van der Waals surface area contributed by atoms with Crippen LogP contribution >= 0.6 is 27.5 Å². The van der Waals surface area contributed by atoms with E-state index >= 15 is 0 Å². The topological polar surface area (TPSA) is 20.2 Å².